The molecule has 8 nitrogen and oxygen atoms in total. The van der Waals surface area contributed by atoms with Gasteiger partial charge in [0.05, 0.1) is 27.8 Å². The Morgan fingerprint density at radius 1 is 0.293 bits per heavy atom. The fourth-order valence-electron chi connectivity index (χ4n) is 10.8. The minimum Gasteiger partial charge on any atom is -0.309 e. The number of aromatic nitrogens is 6. The van der Waals surface area contributed by atoms with Crippen LogP contribution in [0.3, 0.4) is 0 Å². The van der Waals surface area contributed by atoms with Gasteiger partial charge in [0, 0.05) is 111 Å². The molecule has 2 N–H and O–H groups in total. The molecule has 0 radical (unpaired) electrons. The van der Waals surface area contributed by atoms with Gasteiger partial charge in [0.1, 0.15) is 0 Å². The summed E-state index contributed by atoms with van der Waals surface area (Å²) < 4.78 is 4.82. The molecular formula is C74H54N8. The van der Waals surface area contributed by atoms with Crippen molar-refractivity contribution in [2.45, 2.75) is 0 Å². The number of fused-ring (bicyclic) bond motifs is 6. The zero-order chi connectivity index (χ0) is 55.8. The van der Waals surface area contributed by atoms with Crippen LogP contribution < -0.4 is 0 Å². The molecule has 0 aliphatic heterocycles. The van der Waals surface area contributed by atoms with Crippen molar-refractivity contribution in [2.75, 3.05) is 0 Å². The van der Waals surface area contributed by atoms with Gasteiger partial charge in [-0.15, -0.1) is 0 Å². The summed E-state index contributed by atoms with van der Waals surface area (Å²) in [6.07, 6.45) is 18.2. The Kier molecular flexibility index (Phi) is 14.7. The first-order valence-electron chi connectivity index (χ1n) is 26.9. The lowest BCUT2D eigenvalue weighted by atomic mass is 9.97. The minimum atomic E-state index is 0.905. The van der Waals surface area contributed by atoms with Gasteiger partial charge < -0.3 is 20.0 Å². The summed E-state index contributed by atoms with van der Waals surface area (Å²) in [5.74, 6) is 0. The first kappa shape index (κ1) is 51.5. The van der Waals surface area contributed by atoms with Gasteiger partial charge in [-0.2, -0.15) is 0 Å². The molecule has 0 aliphatic carbocycles. The molecule has 0 aliphatic rings. The Hall–Kier alpha value is -11.2. The van der Waals surface area contributed by atoms with Crippen molar-refractivity contribution in [3.05, 3.63) is 293 Å². The number of benzene rings is 8. The van der Waals surface area contributed by atoms with Crippen LogP contribution >= 0.6 is 0 Å². The van der Waals surface area contributed by atoms with Crippen LogP contribution in [0.2, 0.25) is 0 Å². The van der Waals surface area contributed by atoms with Gasteiger partial charge in [-0.1, -0.05) is 141 Å². The lowest BCUT2D eigenvalue weighted by Crippen LogP contribution is -1.96. The number of hydrogen-bond donors (Lipinski definition) is 2. The van der Waals surface area contributed by atoms with Crippen molar-refractivity contribution >= 4 is 56.0 Å². The Balaban J connectivity index is 0.000000783. The van der Waals surface area contributed by atoms with E-state index in [2.05, 4.69) is 236 Å². The molecule has 0 bridgehead atoms. The normalized spacial score (nSPS) is 10.9. The molecule has 14 aromatic rings. The zero-order valence-electron chi connectivity index (χ0n) is 44.8. The second-order valence-electron chi connectivity index (χ2n) is 19.6. The van der Waals surface area contributed by atoms with Gasteiger partial charge in [-0.25, -0.2) is 0 Å². The molecule has 8 heteroatoms. The van der Waals surface area contributed by atoms with Crippen molar-refractivity contribution in [3.63, 3.8) is 0 Å². The SMILES string of the molecule is C=CC=N.C=CC=N.c1ccc(-c2cncc(-c3ccc4c(c3)c3ccccc3n4-c3cccc(-c4cccc(-n5c6ccc(-c7cccc(-c8cccnc8)c7)cc6c6cc(-c7cccc(-c8cccnc8)c7)ccc65)c4)c3)c2)nc1. The number of pyridine rings is 4. The number of allylic oxidation sites excluding steroid dienone is 2. The van der Waals surface area contributed by atoms with Crippen molar-refractivity contribution in [1.82, 2.24) is 29.1 Å². The van der Waals surface area contributed by atoms with Gasteiger partial charge in [-0.05, 0) is 159 Å². The molecule has 0 saturated heterocycles. The van der Waals surface area contributed by atoms with Crippen LogP contribution in [-0.4, -0.2) is 41.5 Å². The van der Waals surface area contributed by atoms with Crippen LogP contribution in [0.15, 0.2) is 293 Å². The maximum absolute atomic E-state index is 6.21. The molecule has 82 heavy (non-hydrogen) atoms. The average molecular weight is 1060 g/mol. The van der Waals surface area contributed by atoms with Crippen molar-refractivity contribution in [1.29, 1.82) is 10.8 Å². The molecule has 8 aromatic carbocycles. The Labute approximate surface area is 476 Å². The quantitative estimate of drug-likeness (QED) is 0.126. The molecule has 0 amide bonds. The third-order valence-electron chi connectivity index (χ3n) is 14.6. The highest BCUT2D eigenvalue weighted by Crippen LogP contribution is 2.41. The molecule has 0 spiro atoms. The van der Waals surface area contributed by atoms with Crippen LogP contribution in [0.25, 0.3) is 133 Å². The molecule has 390 valence electrons. The summed E-state index contributed by atoms with van der Waals surface area (Å²) in [5.41, 5.74) is 22.2. The second kappa shape index (κ2) is 23.4. The van der Waals surface area contributed by atoms with E-state index in [1.54, 1.807) is 0 Å². The average Bonchev–Trinajstić information content (AvgIpc) is 4.30. The van der Waals surface area contributed by atoms with E-state index >= 15 is 0 Å². The molecule has 14 rings (SSSR count). The Morgan fingerprint density at radius 3 is 1.15 bits per heavy atom. The molecule has 6 heterocycles. The highest BCUT2D eigenvalue weighted by Gasteiger charge is 2.18. The van der Waals surface area contributed by atoms with E-state index in [1.807, 2.05) is 73.7 Å². The number of nitrogens with one attached hydrogen (secondary N) is 2. The summed E-state index contributed by atoms with van der Waals surface area (Å²) in [6, 6.07) is 81.1. The van der Waals surface area contributed by atoms with E-state index in [-0.39, 0.29) is 0 Å². The van der Waals surface area contributed by atoms with E-state index in [4.69, 9.17) is 10.8 Å². The topological polar surface area (TPSA) is 109 Å². The first-order valence-corrected chi connectivity index (χ1v) is 26.9. The van der Waals surface area contributed by atoms with E-state index in [9.17, 15) is 0 Å². The summed E-state index contributed by atoms with van der Waals surface area (Å²) in [5, 5.41) is 17.2. The summed E-state index contributed by atoms with van der Waals surface area (Å²) >= 11 is 0. The lowest BCUT2D eigenvalue weighted by molar-refractivity contribution is 1.17. The molecular weight excluding hydrogens is 1000 g/mol. The third kappa shape index (κ3) is 10.3. The van der Waals surface area contributed by atoms with E-state index in [0.717, 1.165) is 124 Å². The predicted octanol–water partition coefficient (Wildman–Crippen LogP) is 18.8. The molecule has 6 aromatic heterocycles. The third-order valence-corrected chi connectivity index (χ3v) is 14.6. The number of hydrogen-bond acceptors (Lipinski definition) is 6. The molecule has 0 fully saturated rings. The summed E-state index contributed by atoms with van der Waals surface area (Å²) in [4.78, 5) is 18.0. The Morgan fingerprint density at radius 2 is 0.671 bits per heavy atom. The molecule has 0 atom stereocenters. The largest absolute Gasteiger partial charge is 0.309 e. The Bertz CT molecular complexity index is 4490. The van der Waals surface area contributed by atoms with E-state index < -0.39 is 0 Å². The maximum Gasteiger partial charge on any atom is 0.0717 e. The van der Waals surface area contributed by atoms with E-state index in [0.29, 0.717) is 0 Å². The molecule has 0 saturated carbocycles. The van der Waals surface area contributed by atoms with Gasteiger partial charge in [0.15, 0.2) is 0 Å². The van der Waals surface area contributed by atoms with Crippen LogP contribution in [0.5, 0.6) is 0 Å². The van der Waals surface area contributed by atoms with Crippen LogP contribution in [0, 0.1) is 10.8 Å². The van der Waals surface area contributed by atoms with E-state index in [1.165, 1.54) is 33.7 Å². The van der Waals surface area contributed by atoms with Gasteiger partial charge >= 0.3 is 0 Å². The monoisotopic (exact) mass is 1050 g/mol. The van der Waals surface area contributed by atoms with Crippen LogP contribution in [-0.2, 0) is 0 Å². The van der Waals surface area contributed by atoms with Crippen molar-refractivity contribution < 1.29 is 0 Å². The second-order valence-corrected chi connectivity index (χ2v) is 19.6. The fourth-order valence-corrected chi connectivity index (χ4v) is 10.8. The summed E-state index contributed by atoms with van der Waals surface area (Å²) in [6.45, 7) is 6.47. The first-order chi connectivity index (χ1) is 40.5. The van der Waals surface area contributed by atoms with Gasteiger partial charge in [-0.3, -0.25) is 19.9 Å². The van der Waals surface area contributed by atoms with Crippen LogP contribution in [0.4, 0.5) is 0 Å². The minimum absolute atomic E-state index is 0.905. The lowest BCUT2D eigenvalue weighted by Gasteiger charge is -2.13. The number of rotatable bonds is 11. The highest BCUT2D eigenvalue weighted by atomic mass is 15.0. The predicted molar refractivity (Wildman–Crippen MR) is 342 cm³/mol. The molecule has 0 unspecified atom stereocenters. The highest BCUT2D eigenvalue weighted by molar-refractivity contribution is 6.12. The van der Waals surface area contributed by atoms with Crippen LogP contribution in [0.1, 0.15) is 0 Å². The maximum atomic E-state index is 6.21. The zero-order valence-corrected chi connectivity index (χ0v) is 44.8. The number of para-hydroxylation sites is 1. The van der Waals surface area contributed by atoms with Gasteiger partial charge in [0.25, 0.3) is 0 Å². The standard InChI is InChI=1S/C68H44N6.2C3H5N/c1-2-23-65-60(21-1)61-40-53(56-35-57(44-71-43-56)64-22-3-4-32-72-64)26-29-66(61)73(65)58-19-7-15-49(36-58)50-16-8-20-59(37-50)74-67-27-24-51(45-11-5-13-47(33-45)54-17-9-30-69-41-54)38-62(67)63-39-52(25-28-68(63)74)46-12-6-14-48(34-46)55-18-10-31-70-42-55;2*1-2-3-4/h1-44H;2*2-4H,1H2. The fraction of sp³-hybridized carbons (Fsp3) is 0. The smallest absolute Gasteiger partial charge is 0.0717 e. The van der Waals surface area contributed by atoms with Crippen molar-refractivity contribution in [2.24, 2.45) is 0 Å². The van der Waals surface area contributed by atoms with Crippen molar-refractivity contribution in [3.8, 4) is 89.4 Å². The van der Waals surface area contributed by atoms with Gasteiger partial charge in [0.2, 0.25) is 0 Å². The number of nitrogens with zero attached hydrogens (tertiary/aromatic N) is 6. The summed E-state index contributed by atoms with van der Waals surface area (Å²) in [7, 11) is 0.